The fraction of sp³-hybridized carbons (Fsp3) is 0.222. The lowest BCUT2D eigenvalue weighted by Crippen LogP contribution is -2.54. The highest BCUT2D eigenvalue weighted by molar-refractivity contribution is 8.01. The molecular formula is C18H16N2O3S. The van der Waals surface area contributed by atoms with E-state index in [2.05, 4.69) is 5.32 Å². The van der Waals surface area contributed by atoms with Crippen molar-refractivity contribution in [1.82, 2.24) is 0 Å². The van der Waals surface area contributed by atoms with Crippen molar-refractivity contribution >= 4 is 35.0 Å². The predicted molar refractivity (Wildman–Crippen MR) is 94.3 cm³/mol. The van der Waals surface area contributed by atoms with Gasteiger partial charge in [0.2, 0.25) is 10.8 Å². The number of rotatable bonds is 2. The van der Waals surface area contributed by atoms with Crippen LogP contribution in [0.5, 0.6) is 5.75 Å². The fourth-order valence-corrected chi connectivity index (χ4v) is 4.70. The zero-order chi connectivity index (χ0) is 16.7. The Hall–Kier alpha value is -2.47. The van der Waals surface area contributed by atoms with E-state index in [1.807, 2.05) is 36.4 Å². The Morgan fingerprint density at radius 1 is 1.12 bits per heavy atom. The van der Waals surface area contributed by atoms with Gasteiger partial charge in [-0.1, -0.05) is 18.2 Å². The lowest BCUT2D eigenvalue weighted by atomic mass is 10.0. The molecule has 0 bridgehead atoms. The summed E-state index contributed by atoms with van der Waals surface area (Å²) in [4.78, 5) is 26.3. The molecule has 2 aromatic rings. The summed E-state index contributed by atoms with van der Waals surface area (Å²) >= 11 is 1.50. The average molecular weight is 340 g/mol. The Morgan fingerprint density at radius 2 is 1.88 bits per heavy atom. The standard InChI is InChI=1S/C18H16N2O3S/c1-23-13-8-6-12(7-9-13)20-16(21)10-11-24-18(20)14-4-2-3-5-15(14)19-17(18)22/h2-9H,10-11H2,1H3,(H,19,22)/t18-/m0/s1. The number of hydrogen-bond acceptors (Lipinski definition) is 4. The maximum absolute atomic E-state index is 12.9. The first-order valence-electron chi connectivity index (χ1n) is 7.69. The molecule has 2 aromatic carbocycles. The maximum atomic E-state index is 12.9. The predicted octanol–water partition coefficient (Wildman–Crippen LogP) is 2.97. The third-order valence-corrected chi connectivity index (χ3v) is 5.78. The van der Waals surface area contributed by atoms with Crippen LogP contribution in [0.25, 0.3) is 0 Å². The lowest BCUT2D eigenvalue weighted by molar-refractivity contribution is -0.124. The summed E-state index contributed by atoms with van der Waals surface area (Å²) < 4.78 is 5.19. The van der Waals surface area contributed by atoms with Gasteiger partial charge in [0.25, 0.3) is 5.91 Å². The van der Waals surface area contributed by atoms with Gasteiger partial charge in [0.1, 0.15) is 5.75 Å². The van der Waals surface area contributed by atoms with Crippen LogP contribution >= 0.6 is 11.8 Å². The van der Waals surface area contributed by atoms with Crippen LogP contribution in [-0.2, 0) is 14.5 Å². The number of benzene rings is 2. The molecular weight excluding hydrogens is 324 g/mol. The molecule has 0 unspecified atom stereocenters. The molecule has 5 nitrogen and oxygen atoms in total. The van der Waals surface area contributed by atoms with Gasteiger partial charge in [0.05, 0.1) is 7.11 Å². The Balaban J connectivity index is 1.89. The molecule has 2 amide bonds. The number of para-hydroxylation sites is 1. The molecule has 2 aliphatic rings. The SMILES string of the molecule is COc1ccc(N2C(=O)CCS[C@@]23C(=O)Nc2ccccc23)cc1. The fourth-order valence-electron chi connectivity index (χ4n) is 3.28. The second-order valence-corrected chi connectivity index (χ2v) is 6.96. The number of hydrogen-bond donors (Lipinski definition) is 1. The van der Waals surface area contributed by atoms with E-state index in [1.165, 1.54) is 11.8 Å². The molecule has 1 saturated heterocycles. The monoisotopic (exact) mass is 340 g/mol. The topological polar surface area (TPSA) is 58.6 Å². The van der Waals surface area contributed by atoms with Gasteiger partial charge in [0, 0.05) is 29.1 Å². The molecule has 122 valence electrons. The number of nitrogens with zero attached hydrogens (tertiary/aromatic N) is 1. The summed E-state index contributed by atoms with van der Waals surface area (Å²) in [7, 11) is 1.60. The van der Waals surface area contributed by atoms with Crippen LogP contribution in [0.1, 0.15) is 12.0 Å². The maximum Gasteiger partial charge on any atom is 0.266 e. The van der Waals surface area contributed by atoms with Crippen LogP contribution in [0, 0.1) is 0 Å². The van der Waals surface area contributed by atoms with E-state index in [0.717, 1.165) is 11.3 Å². The van der Waals surface area contributed by atoms with E-state index in [9.17, 15) is 9.59 Å². The molecule has 2 aliphatic heterocycles. The van der Waals surface area contributed by atoms with Gasteiger partial charge in [-0.2, -0.15) is 0 Å². The second-order valence-electron chi connectivity index (χ2n) is 5.67. The van der Waals surface area contributed by atoms with Gasteiger partial charge in [-0.3, -0.25) is 14.5 Å². The highest BCUT2D eigenvalue weighted by Crippen LogP contribution is 2.52. The minimum Gasteiger partial charge on any atom is -0.497 e. The molecule has 2 heterocycles. The van der Waals surface area contributed by atoms with E-state index in [4.69, 9.17) is 4.74 Å². The van der Waals surface area contributed by atoms with E-state index >= 15 is 0 Å². The van der Waals surface area contributed by atoms with Crippen LogP contribution in [-0.4, -0.2) is 24.7 Å². The zero-order valence-corrected chi connectivity index (χ0v) is 13.9. The summed E-state index contributed by atoms with van der Waals surface area (Å²) in [5, 5.41) is 2.92. The first-order valence-corrected chi connectivity index (χ1v) is 8.67. The van der Waals surface area contributed by atoms with Crippen molar-refractivity contribution in [1.29, 1.82) is 0 Å². The Kier molecular flexibility index (Phi) is 3.49. The largest absolute Gasteiger partial charge is 0.497 e. The van der Waals surface area contributed by atoms with E-state index < -0.39 is 4.87 Å². The third kappa shape index (κ3) is 2.03. The zero-order valence-electron chi connectivity index (χ0n) is 13.1. The van der Waals surface area contributed by atoms with Gasteiger partial charge >= 0.3 is 0 Å². The van der Waals surface area contributed by atoms with E-state index in [0.29, 0.717) is 23.6 Å². The minimum absolute atomic E-state index is 0.0502. The van der Waals surface area contributed by atoms with Crippen molar-refractivity contribution < 1.29 is 14.3 Å². The van der Waals surface area contributed by atoms with Crippen LogP contribution in [0.15, 0.2) is 48.5 Å². The highest BCUT2D eigenvalue weighted by atomic mass is 32.2. The average Bonchev–Trinajstić information content (AvgIpc) is 2.88. The first-order chi connectivity index (χ1) is 11.7. The molecule has 0 aliphatic carbocycles. The van der Waals surface area contributed by atoms with Crippen LogP contribution < -0.4 is 15.0 Å². The Labute approximate surface area is 144 Å². The molecule has 24 heavy (non-hydrogen) atoms. The number of methoxy groups -OCH3 is 1. The summed E-state index contributed by atoms with van der Waals surface area (Å²) in [6.45, 7) is 0. The molecule has 6 heteroatoms. The number of carbonyl (C=O) groups is 2. The molecule has 1 atom stereocenters. The van der Waals surface area contributed by atoms with Crippen molar-refractivity contribution in [3.63, 3.8) is 0 Å². The van der Waals surface area contributed by atoms with E-state index in [1.54, 1.807) is 24.1 Å². The number of thioether (sulfide) groups is 1. The van der Waals surface area contributed by atoms with E-state index in [-0.39, 0.29) is 11.8 Å². The minimum atomic E-state index is -1.04. The molecule has 0 radical (unpaired) electrons. The molecule has 0 aromatic heterocycles. The molecule has 1 N–H and O–H groups in total. The number of amides is 2. The third-order valence-electron chi connectivity index (χ3n) is 4.37. The first kappa shape index (κ1) is 15.1. The molecule has 0 saturated carbocycles. The van der Waals surface area contributed by atoms with Gasteiger partial charge in [-0.25, -0.2) is 0 Å². The number of ether oxygens (including phenoxy) is 1. The van der Waals surface area contributed by atoms with Gasteiger partial charge in [-0.05, 0) is 30.3 Å². The van der Waals surface area contributed by atoms with Gasteiger partial charge in [-0.15, -0.1) is 11.8 Å². The van der Waals surface area contributed by atoms with Crippen molar-refractivity contribution in [2.45, 2.75) is 11.3 Å². The number of fused-ring (bicyclic) bond motifs is 2. The summed E-state index contributed by atoms with van der Waals surface area (Å²) in [5.74, 6) is 1.11. The quantitative estimate of drug-likeness (QED) is 0.913. The smallest absolute Gasteiger partial charge is 0.266 e. The van der Waals surface area contributed by atoms with Crippen LogP contribution in [0.2, 0.25) is 0 Å². The molecule has 4 rings (SSSR count). The summed E-state index contributed by atoms with van der Waals surface area (Å²) in [5.41, 5.74) is 2.30. The molecule has 1 spiro atoms. The second kappa shape index (κ2) is 5.56. The lowest BCUT2D eigenvalue weighted by Gasteiger charge is -2.42. The van der Waals surface area contributed by atoms with Crippen molar-refractivity contribution in [2.75, 3.05) is 23.1 Å². The number of anilines is 2. The number of nitrogens with one attached hydrogen (secondary N) is 1. The normalized spacial score (nSPS) is 22.5. The van der Waals surface area contributed by atoms with Crippen LogP contribution in [0.4, 0.5) is 11.4 Å². The summed E-state index contributed by atoms with van der Waals surface area (Å²) in [6.07, 6.45) is 0.411. The number of carbonyl (C=O) groups excluding carboxylic acids is 2. The highest BCUT2D eigenvalue weighted by Gasteiger charge is 2.56. The Morgan fingerprint density at radius 3 is 2.62 bits per heavy atom. The van der Waals surface area contributed by atoms with Crippen molar-refractivity contribution in [3.05, 3.63) is 54.1 Å². The van der Waals surface area contributed by atoms with Crippen molar-refractivity contribution in [3.8, 4) is 5.75 Å². The van der Waals surface area contributed by atoms with Crippen molar-refractivity contribution in [2.24, 2.45) is 0 Å². The van der Waals surface area contributed by atoms with Crippen LogP contribution in [0.3, 0.4) is 0 Å². The van der Waals surface area contributed by atoms with Gasteiger partial charge in [0.15, 0.2) is 0 Å². The summed E-state index contributed by atoms with van der Waals surface area (Å²) in [6, 6.07) is 14.8. The van der Waals surface area contributed by atoms with Gasteiger partial charge < -0.3 is 10.1 Å². The molecule has 1 fully saturated rings. The Bertz CT molecular complexity index is 821.